The lowest BCUT2D eigenvalue weighted by Crippen LogP contribution is -2.15. The molecular formula is C12H6ClF3N2O. The molecule has 98 valence electrons. The van der Waals surface area contributed by atoms with Crippen molar-refractivity contribution in [2.24, 2.45) is 0 Å². The Morgan fingerprint density at radius 3 is 2.63 bits per heavy atom. The molecule has 7 heteroatoms. The third-order valence-electron chi connectivity index (χ3n) is 2.27. The highest BCUT2D eigenvalue weighted by atomic mass is 35.5. The number of nitrogens with zero attached hydrogens (tertiary/aromatic N) is 1. The van der Waals surface area contributed by atoms with E-state index in [1.807, 2.05) is 0 Å². The fourth-order valence-corrected chi connectivity index (χ4v) is 1.48. The van der Waals surface area contributed by atoms with E-state index in [0.717, 1.165) is 18.3 Å². The van der Waals surface area contributed by atoms with Crippen molar-refractivity contribution in [3.8, 4) is 0 Å². The number of aromatic nitrogens is 1. The van der Waals surface area contributed by atoms with E-state index in [-0.39, 0.29) is 10.7 Å². The fraction of sp³-hybridized carbons (Fsp3) is 0. The van der Waals surface area contributed by atoms with E-state index in [1.165, 1.54) is 12.1 Å². The monoisotopic (exact) mass is 286 g/mol. The maximum Gasteiger partial charge on any atom is 0.258 e. The average molecular weight is 287 g/mol. The number of amides is 1. The Kier molecular flexibility index (Phi) is 3.71. The summed E-state index contributed by atoms with van der Waals surface area (Å²) in [5.41, 5.74) is -0.452. The van der Waals surface area contributed by atoms with Crippen molar-refractivity contribution in [1.82, 2.24) is 4.98 Å². The van der Waals surface area contributed by atoms with E-state index >= 15 is 0 Å². The van der Waals surface area contributed by atoms with Crippen LogP contribution in [-0.2, 0) is 0 Å². The minimum absolute atomic E-state index is 0.0727. The van der Waals surface area contributed by atoms with Gasteiger partial charge in [-0.05, 0) is 24.3 Å². The van der Waals surface area contributed by atoms with Gasteiger partial charge in [-0.2, -0.15) is 4.39 Å². The van der Waals surface area contributed by atoms with E-state index in [9.17, 15) is 18.0 Å². The highest BCUT2D eigenvalue weighted by Gasteiger charge is 2.16. The van der Waals surface area contributed by atoms with E-state index in [1.54, 1.807) is 0 Å². The van der Waals surface area contributed by atoms with Crippen molar-refractivity contribution in [3.05, 3.63) is 58.6 Å². The van der Waals surface area contributed by atoms with Gasteiger partial charge >= 0.3 is 0 Å². The molecule has 0 radical (unpaired) electrons. The molecule has 1 amide bonds. The number of pyridine rings is 1. The van der Waals surface area contributed by atoms with Crippen molar-refractivity contribution in [3.63, 3.8) is 0 Å². The van der Waals surface area contributed by atoms with Gasteiger partial charge in [0, 0.05) is 11.9 Å². The second kappa shape index (κ2) is 5.27. The summed E-state index contributed by atoms with van der Waals surface area (Å²) < 4.78 is 39.3. The molecule has 0 aliphatic rings. The van der Waals surface area contributed by atoms with Crippen LogP contribution in [0, 0.1) is 17.6 Å². The Labute approximate surface area is 111 Å². The lowest BCUT2D eigenvalue weighted by atomic mass is 10.2. The highest BCUT2D eigenvalue weighted by Crippen LogP contribution is 2.19. The quantitative estimate of drug-likeness (QED) is 0.860. The van der Waals surface area contributed by atoms with Crippen molar-refractivity contribution >= 4 is 23.2 Å². The first-order chi connectivity index (χ1) is 8.99. The molecule has 1 aromatic carbocycles. The molecule has 0 spiro atoms. The van der Waals surface area contributed by atoms with Gasteiger partial charge in [0.1, 0.15) is 5.82 Å². The molecule has 19 heavy (non-hydrogen) atoms. The van der Waals surface area contributed by atoms with Crippen molar-refractivity contribution in [2.75, 3.05) is 5.32 Å². The van der Waals surface area contributed by atoms with Gasteiger partial charge in [0.05, 0.1) is 10.6 Å². The third-order valence-corrected chi connectivity index (χ3v) is 2.58. The number of nitrogens with one attached hydrogen (secondary N) is 1. The molecule has 0 unspecified atom stereocenters. The predicted octanol–water partition coefficient (Wildman–Crippen LogP) is 3.40. The van der Waals surface area contributed by atoms with Crippen LogP contribution >= 0.6 is 11.6 Å². The zero-order chi connectivity index (χ0) is 14.0. The Hall–Kier alpha value is -2.08. The number of anilines is 1. The lowest BCUT2D eigenvalue weighted by Gasteiger charge is -2.06. The maximum absolute atomic E-state index is 13.3. The molecule has 1 heterocycles. The van der Waals surface area contributed by atoms with Crippen LogP contribution in [0.5, 0.6) is 0 Å². The molecule has 1 N–H and O–H groups in total. The number of benzene rings is 1. The van der Waals surface area contributed by atoms with Gasteiger partial charge in [-0.3, -0.25) is 4.79 Å². The van der Waals surface area contributed by atoms with E-state index in [4.69, 9.17) is 11.6 Å². The van der Waals surface area contributed by atoms with Crippen LogP contribution in [0.3, 0.4) is 0 Å². The Morgan fingerprint density at radius 1 is 1.21 bits per heavy atom. The van der Waals surface area contributed by atoms with Crippen molar-refractivity contribution in [2.45, 2.75) is 0 Å². The number of hydrogen-bond acceptors (Lipinski definition) is 2. The van der Waals surface area contributed by atoms with Crippen LogP contribution in [0.25, 0.3) is 0 Å². The van der Waals surface area contributed by atoms with Crippen LogP contribution in [0.15, 0.2) is 30.5 Å². The molecule has 3 nitrogen and oxygen atoms in total. The molecule has 0 aliphatic carbocycles. The first-order valence-electron chi connectivity index (χ1n) is 5.05. The molecule has 2 rings (SSSR count). The summed E-state index contributed by atoms with van der Waals surface area (Å²) in [5.74, 6) is -4.40. The lowest BCUT2D eigenvalue weighted by molar-refractivity contribution is 0.102. The summed E-state index contributed by atoms with van der Waals surface area (Å²) in [7, 11) is 0. The number of rotatable bonds is 2. The van der Waals surface area contributed by atoms with Crippen LogP contribution < -0.4 is 5.32 Å². The average Bonchev–Trinajstić information content (AvgIpc) is 2.37. The first kappa shape index (κ1) is 13.4. The van der Waals surface area contributed by atoms with Crippen LogP contribution in [-0.4, -0.2) is 10.9 Å². The van der Waals surface area contributed by atoms with Crippen LogP contribution in [0.4, 0.5) is 18.9 Å². The van der Waals surface area contributed by atoms with Gasteiger partial charge in [-0.15, -0.1) is 0 Å². The zero-order valence-electron chi connectivity index (χ0n) is 9.25. The molecule has 0 fully saturated rings. The van der Waals surface area contributed by atoms with Gasteiger partial charge in [0.25, 0.3) is 5.91 Å². The van der Waals surface area contributed by atoms with E-state index < -0.39 is 29.1 Å². The van der Waals surface area contributed by atoms with Gasteiger partial charge in [-0.25, -0.2) is 13.8 Å². The van der Waals surface area contributed by atoms with Gasteiger partial charge in [0.2, 0.25) is 5.95 Å². The largest absolute Gasteiger partial charge is 0.322 e. The summed E-state index contributed by atoms with van der Waals surface area (Å²) in [6, 6.07) is 4.55. The molecule has 0 saturated heterocycles. The second-order valence-electron chi connectivity index (χ2n) is 3.55. The Balaban J connectivity index is 2.26. The number of carbonyl (C=O) groups is 1. The minimum atomic E-state index is -1.38. The molecule has 0 bridgehead atoms. The SMILES string of the molecule is O=C(Nc1ccc(Cl)c(F)c1)c1ccnc(F)c1F. The predicted molar refractivity (Wildman–Crippen MR) is 63.5 cm³/mol. The number of carbonyl (C=O) groups excluding carboxylic acids is 1. The zero-order valence-corrected chi connectivity index (χ0v) is 10.0. The highest BCUT2D eigenvalue weighted by molar-refractivity contribution is 6.30. The molecule has 2 aromatic rings. The van der Waals surface area contributed by atoms with Gasteiger partial charge < -0.3 is 5.32 Å². The molecule has 0 saturated carbocycles. The van der Waals surface area contributed by atoms with Crippen molar-refractivity contribution in [1.29, 1.82) is 0 Å². The first-order valence-corrected chi connectivity index (χ1v) is 5.43. The second-order valence-corrected chi connectivity index (χ2v) is 3.95. The number of hydrogen-bond donors (Lipinski definition) is 1. The molecule has 1 aromatic heterocycles. The summed E-state index contributed by atoms with van der Waals surface area (Å²) in [4.78, 5) is 14.7. The van der Waals surface area contributed by atoms with Crippen LogP contribution in [0.2, 0.25) is 5.02 Å². The third kappa shape index (κ3) is 2.85. The Morgan fingerprint density at radius 2 is 1.95 bits per heavy atom. The van der Waals surface area contributed by atoms with E-state index in [0.29, 0.717) is 0 Å². The van der Waals surface area contributed by atoms with Gasteiger partial charge in [0.15, 0.2) is 5.82 Å². The summed E-state index contributed by atoms with van der Waals surface area (Å²) in [6.45, 7) is 0. The summed E-state index contributed by atoms with van der Waals surface area (Å²) in [6.07, 6.45) is 0.954. The number of halogens is 4. The molecular weight excluding hydrogens is 281 g/mol. The maximum atomic E-state index is 13.3. The smallest absolute Gasteiger partial charge is 0.258 e. The van der Waals surface area contributed by atoms with Crippen molar-refractivity contribution < 1.29 is 18.0 Å². The van der Waals surface area contributed by atoms with Crippen LogP contribution in [0.1, 0.15) is 10.4 Å². The normalized spacial score (nSPS) is 10.3. The summed E-state index contributed by atoms with van der Waals surface area (Å²) in [5, 5.41) is 2.11. The Bertz CT molecular complexity index is 649. The summed E-state index contributed by atoms with van der Waals surface area (Å²) >= 11 is 5.47. The molecule has 0 atom stereocenters. The standard InChI is InChI=1S/C12H6ClF3N2O/c13-8-2-1-6(5-9(8)14)18-12(19)7-3-4-17-11(16)10(7)15/h1-5H,(H,18,19). The topological polar surface area (TPSA) is 42.0 Å². The fourth-order valence-electron chi connectivity index (χ4n) is 1.37. The minimum Gasteiger partial charge on any atom is -0.322 e. The van der Waals surface area contributed by atoms with Gasteiger partial charge in [-0.1, -0.05) is 11.6 Å². The van der Waals surface area contributed by atoms with E-state index in [2.05, 4.69) is 10.3 Å². The molecule has 0 aliphatic heterocycles.